The maximum Gasteiger partial charge on any atom is 0.254 e. The van der Waals surface area contributed by atoms with Crippen molar-refractivity contribution in [3.63, 3.8) is 0 Å². The van der Waals surface area contributed by atoms with Gasteiger partial charge in [0.05, 0.1) is 12.2 Å². The molecule has 2 aliphatic heterocycles. The number of ether oxygens (including phenoxy) is 1. The SMILES string of the molecule is NC(=O)C1CCC(Oc2ccc(C(=O)N3C4CCC3CC(O)C4)cc2)CC1. The summed E-state index contributed by atoms with van der Waals surface area (Å²) in [7, 11) is 0. The van der Waals surface area contributed by atoms with Crippen molar-refractivity contribution in [3.05, 3.63) is 29.8 Å². The fraction of sp³-hybridized carbons (Fsp3) is 0.619. The van der Waals surface area contributed by atoms with E-state index < -0.39 is 0 Å². The van der Waals surface area contributed by atoms with Crippen LogP contribution in [0.5, 0.6) is 5.75 Å². The number of fused-ring (bicyclic) bond motifs is 2. The van der Waals surface area contributed by atoms with Crippen molar-refractivity contribution in [3.8, 4) is 5.75 Å². The van der Waals surface area contributed by atoms with Crippen LogP contribution in [-0.2, 0) is 4.79 Å². The predicted octanol–water partition coefficient (Wildman–Crippen LogP) is 2.24. The molecule has 2 saturated heterocycles. The van der Waals surface area contributed by atoms with Crippen LogP contribution in [0.25, 0.3) is 0 Å². The number of hydrogen-bond acceptors (Lipinski definition) is 4. The van der Waals surface area contributed by atoms with E-state index in [0.717, 1.165) is 44.3 Å². The maximum atomic E-state index is 12.9. The Labute approximate surface area is 159 Å². The molecule has 27 heavy (non-hydrogen) atoms. The molecule has 4 rings (SSSR count). The summed E-state index contributed by atoms with van der Waals surface area (Å²) in [5.41, 5.74) is 6.05. The van der Waals surface area contributed by atoms with E-state index in [9.17, 15) is 14.7 Å². The molecular formula is C21H28N2O4. The summed E-state index contributed by atoms with van der Waals surface area (Å²) >= 11 is 0. The summed E-state index contributed by atoms with van der Waals surface area (Å²) in [6.45, 7) is 0. The van der Waals surface area contributed by atoms with Crippen LogP contribution in [0.4, 0.5) is 0 Å². The third kappa shape index (κ3) is 3.81. The lowest BCUT2D eigenvalue weighted by molar-refractivity contribution is -0.123. The van der Waals surface area contributed by atoms with Crippen LogP contribution in [-0.4, -0.2) is 46.1 Å². The van der Waals surface area contributed by atoms with Crippen molar-refractivity contribution in [1.82, 2.24) is 4.90 Å². The van der Waals surface area contributed by atoms with Crippen LogP contribution < -0.4 is 10.5 Å². The van der Waals surface area contributed by atoms with Crippen LogP contribution in [0, 0.1) is 5.92 Å². The summed E-state index contributed by atoms with van der Waals surface area (Å²) < 4.78 is 6.02. The fourth-order valence-electron chi connectivity index (χ4n) is 4.96. The number of carbonyl (C=O) groups is 2. The Morgan fingerprint density at radius 1 is 0.963 bits per heavy atom. The number of benzene rings is 1. The Kier molecular flexibility index (Phi) is 5.08. The quantitative estimate of drug-likeness (QED) is 0.848. The minimum absolute atomic E-state index is 0.0247. The number of amides is 2. The molecule has 1 saturated carbocycles. The summed E-state index contributed by atoms with van der Waals surface area (Å²) in [5, 5.41) is 9.92. The number of rotatable bonds is 4. The molecule has 6 heteroatoms. The summed E-state index contributed by atoms with van der Waals surface area (Å²) in [6, 6.07) is 7.71. The highest BCUT2D eigenvalue weighted by molar-refractivity contribution is 5.95. The average Bonchev–Trinajstić information content (AvgIpc) is 2.93. The van der Waals surface area contributed by atoms with Gasteiger partial charge in [-0.05, 0) is 75.6 Å². The number of piperidine rings is 1. The zero-order valence-corrected chi connectivity index (χ0v) is 15.5. The highest BCUT2D eigenvalue weighted by Crippen LogP contribution is 2.37. The van der Waals surface area contributed by atoms with Gasteiger partial charge in [0.25, 0.3) is 5.91 Å². The van der Waals surface area contributed by atoms with Gasteiger partial charge >= 0.3 is 0 Å². The fourth-order valence-corrected chi connectivity index (χ4v) is 4.96. The lowest BCUT2D eigenvalue weighted by atomic mass is 9.87. The predicted molar refractivity (Wildman–Crippen MR) is 100 cm³/mol. The Balaban J connectivity index is 1.35. The number of aliphatic hydroxyl groups is 1. The lowest BCUT2D eigenvalue weighted by Gasteiger charge is -2.37. The first-order valence-electron chi connectivity index (χ1n) is 10.1. The number of nitrogens with zero attached hydrogens (tertiary/aromatic N) is 1. The minimum atomic E-state index is -0.271. The molecule has 1 aliphatic carbocycles. The zero-order chi connectivity index (χ0) is 19.0. The number of carbonyl (C=O) groups excluding carboxylic acids is 2. The highest BCUT2D eigenvalue weighted by Gasteiger charge is 2.42. The van der Waals surface area contributed by atoms with Gasteiger partial charge in [0.1, 0.15) is 5.75 Å². The standard InChI is InChI=1S/C21H28N2O4/c22-20(25)13-1-7-18(8-2-13)27-19-9-3-14(4-10-19)21(26)23-15-5-6-16(23)12-17(24)11-15/h3-4,9-10,13,15-18,24H,1-2,5-8,11-12H2,(H2,22,25). The monoisotopic (exact) mass is 372 g/mol. The van der Waals surface area contributed by atoms with Gasteiger partial charge in [-0.15, -0.1) is 0 Å². The first kappa shape index (κ1) is 18.3. The number of primary amides is 1. The van der Waals surface area contributed by atoms with E-state index in [0.29, 0.717) is 18.4 Å². The van der Waals surface area contributed by atoms with E-state index in [1.165, 1.54) is 0 Å². The number of aliphatic hydroxyl groups excluding tert-OH is 1. The third-order valence-electron chi connectivity index (χ3n) is 6.42. The second-order valence-corrected chi connectivity index (χ2v) is 8.24. The second kappa shape index (κ2) is 7.50. The molecule has 2 amide bonds. The molecular weight excluding hydrogens is 344 g/mol. The smallest absolute Gasteiger partial charge is 0.254 e. The van der Waals surface area contributed by atoms with Crippen LogP contribution in [0.2, 0.25) is 0 Å². The topological polar surface area (TPSA) is 92.9 Å². The van der Waals surface area contributed by atoms with Crippen LogP contribution in [0.15, 0.2) is 24.3 Å². The lowest BCUT2D eigenvalue weighted by Crippen LogP contribution is -2.47. The van der Waals surface area contributed by atoms with E-state index in [-0.39, 0.29) is 42.0 Å². The average molecular weight is 372 g/mol. The second-order valence-electron chi connectivity index (χ2n) is 8.24. The van der Waals surface area contributed by atoms with Crippen molar-refractivity contribution in [2.45, 2.75) is 75.7 Å². The number of hydrogen-bond donors (Lipinski definition) is 2. The van der Waals surface area contributed by atoms with Crippen molar-refractivity contribution in [2.24, 2.45) is 11.7 Å². The van der Waals surface area contributed by atoms with E-state index in [1.54, 1.807) is 0 Å². The summed E-state index contributed by atoms with van der Waals surface area (Å²) in [6.07, 6.45) is 6.40. The Hall–Kier alpha value is -2.08. The van der Waals surface area contributed by atoms with Gasteiger partial charge in [0.15, 0.2) is 0 Å². The van der Waals surface area contributed by atoms with E-state index in [2.05, 4.69) is 0 Å². The molecule has 3 N–H and O–H groups in total. The first-order valence-corrected chi connectivity index (χ1v) is 10.1. The van der Waals surface area contributed by atoms with Crippen LogP contribution >= 0.6 is 0 Å². The van der Waals surface area contributed by atoms with Gasteiger partial charge in [-0.25, -0.2) is 0 Å². The van der Waals surface area contributed by atoms with Crippen LogP contribution in [0.1, 0.15) is 61.7 Å². The van der Waals surface area contributed by atoms with E-state index in [1.807, 2.05) is 29.2 Å². The van der Waals surface area contributed by atoms with Gasteiger partial charge in [-0.3, -0.25) is 9.59 Å². The molecule has 0 aromatic heterocycles. The van der Waals surface area contributed by atoms with Gasteiger partial charge in [0.2, 0.25) is 5.91 Å². The van der Waals surface area contributed by atoms with Crippen molar-refractivity contribution < 1.29 is 19.4 Å². The molecule has 2 atom stereocenters. The van der Waals surface area contributed by atoms with E-state index in [4.69, 9.17) is 10.5 Å². The summed E-state index contributed by atoms with van der Waals surface area (Å²) in [5.74, 6) is 0.577. The van der Waals surface area contributed by atoms with Crippen molar-refractivity contribution >= 4 is 11.8 Å². The molecule has 0 radical (unpaired) electrons. The molecule has 2 bridgehead atoms. The normalized spacial score (nSPS) is 32.9. The molecule has 146 valence electrons. The Morgan fingerprint density at radius 2 is 1.56 bits per heavy atom. The van der Waals surface area contributed by atoms with Crippen LogP contribution in [0.3, 0.4) is 0 Å². The molecule has 3 aliphatic rings. The minimum Gasteiger partial charge on any atom is -0.490 e. The van der Waals surface area contributed by atoms with Crippen molar-refractivity contribution in [1.29, 1.82) is 0 Å². The van der Waals surface area contributed by atoms with Gasteiger partial charge in [-0.2, -0.15) is 0 Å². The molecule has 0 spiro atoms. The highest BCUT2D eigenvalue weighted by atomic mass is 16.5. The van der Waals surface area contributed by atoms with Gasteiger partial charge in [0, 0.05) is 23.6 Å². The Bertz CT molecular complexity index is 683. The molecule has 3 fully saturated rings. The van der Waals surface area contributed by atoms with Gasteiger partial charge < -0.3 is 20.5 Å². The zero-order valence-electron chi connectivity index (χ0n) is 15.5. The summed E-state index contributed by atoms with van der Waals surface area (Å²) in [4.78, 5) is 26.2. The molecule has 2 unspecified atom stereocenters. The molecule has 2 heterocycles. The molecule has 1 aromatic carbocycles. The number of nitrogens with two attached hydrogens (primary N) is 1. The largest absolute Gasteiger partial charge is 0.490 e. The van der Waals surface area contributed by atoms with Crippen molar-refractivity contribution in [2.75, 3.05) is 0 Å². The Morgan fingerprint density at radius 3 is 2.11 bits per heavy atom. The maximum absolute atomic E-state index is 12.9. The first-order chi connectivity index (χ1) is 13.0. The molecule has 1 aromatic rings. The third-order valence-corrected chi connectivity index (χ3v) is 6.42. The van der Waals surface area contributed by atoms with Gasteiger partial charge in [-0.1, -0.05) is 0 Å². The van der Waals surface area contributed by atoms with E-state index >= 15 is 0 Å². The molecule has 6 nitrogen and oxygen atoms in total.